The van der Waals surface area contributed by atoms with E-state index in [1.165, 1.54) is 0 Å². The van der Waals surface area contributed by atoms with Crippen molar-refractivity contribution in [2.24, 2.45) is 0 Å². The molecule has 5 nitrogen and oxygen atoms in total. The van der Waals surface area contributed by atoms with Gasteiger partial charge < -0.3 is 4.74 Å². The fourth-order valence-electron chi connectivity index (χ4n) is 2.16. The standard InChI is InChI=1S/C15H9BrN4O/c16-13-9-20-7-6-18-14(20)15(19-13)21-11-4-3-10-2-1-5-17-12(10)8-11/h1-9H. The highest BCUT2D eigenvalue weighted by molar-refractivity contribution is 9.10. The first-order valence-electron chi connectivity index (χ1n) is 6.31. The minimum atomic E-state index is 0.449. The van der Waals surface area contributed by atoms with E-state index in [2.05, 4.69) is 30.9 Å². The van der Waals surface area contributed by atoms with E-state index in [0.29, 0.717) is 21.9 Å². The Bertz CT molecular complexity index is 951. The van der Waals surface area contributed by atoms with Gasteiger partial charge in [0, 0.05) is 36.2 Å². The zero-order valence-corrected chi connectivity index (χ0v) is 12.4. The fraction of sp³-hybridized carbons (Fsp3) is 0. The monoisotopic (exact) mass is 340 g/mol. The number of halogens is 1. The van der Waals surface area contributed by atoms with Gasteiger partial charge in [0.2, 0.25) is 5.65 Å². The Kier molecular flexibility index (Phi) is 2.82. The van der Waals surface area contributed by atoms with Crippen LogP contribution in [0.5, 0.6) is 11.6 Å². The van der Waals surface area contributed by atoms with Crippen molar-refractivity contribution in [3.63, 3.8) is 0 Å². The SMILES string of the molecule is Brc1cn2ccnc2c(Oc2ccc3cccnc3c2)n1. The molecule has 0 amide bonds. The van der Waals surface area contributed by atoms with Crippen LogP contribution in [0.4, 0.5) is 0 Å². The molecule has 0 bridgehead atoms. The van der Waals surface area contributed by atoms with Crippen molar-refractivity contribution in [1.82, 2.24) is 19.4 Å². The van der Waals surface area contributed by atoms with Crippen LogP contribution in [0.3, 0.4) is 0 Å². The molecule has 0 radical (unpaired) electrons. The van der Waals surface area contributed by atoms with E-state index in [0.717, 1.165) is 10.9 Å². The Balaban J connectivity index is 1.80. The van der Waals surface area contributed by atoms with Crippen LogP contribution in [0, 0.1) is 0 Å². The first-order chi connectivity index (χ1) is 10.3. The van der Waals surface area contributed by atoms with Gasteiger partial charge in [-0.05, 0) is 34.1 Å². The summed E-state index contributed by atoms with van der Waals surface area (Å²) in [6.07, 6.45) is 7.14. The average Bonchev–Trinajstić information content (AvgIpc) is 2.95. The third-order valence-corrected chi connectivity index (χ3v) is 3.49. The molecule has 4 aromatic rings. The maximum Gasteiger partial charge on any atom is 0.264 e. The molecule has 0 fully saturated rings. The molecular formula is C15H9BrN4O. The minimum Gasteiger partial charge on any atom is -0.436 e. The Morgan fingerprint density at radius 3 is 3.00 bits per heavy atom. The van der Waals surface area contributed by atoms with Gasteiger partial charge in [-0.2, -0.15) is 0 Å². The molecule has 0 saturated heterocycles. The van der Waals surface area contributed by atoms with Crippen LogP contribution in [0.15, 0.2) is 59.7 Å². The lowest BCUT2D eigenvalue weighted by Crippen LogP contribution is -1.95. The zero-order valence-electron chi connectivity index (χ0n) is 10.8. The van der Waals surface area contributed by atoms with E-state index in [4.69, 9.17) is 4.74 Å². The zero-order chi connectivity index (χ0) is 14.2. The molecular weight excluding hydrogens is 332 g/mol. The first-order valence-corrected chi connectivity index (χ1v) is 7.11. The Morgan fingerprint density at radius 1 is 1.10 bits per heavy atom. The molecule has 0 aliphatic rings. The van der Waals surface area contributed by atoms with Crippen LogP contribution in [-0.2, 0) is 0 Å². The Morgan fingerprint density at radius 2 is 2.05 bits per heavy atom. The highest BCUT2D eigenvalue weighted by Crippen LogP contribution is 2.27. The van der Waals surface area contributed by atoms with Crippen molar-refractivity contribution in [1.29, 1.82) is 0 Å². The lowest BCUT2D eigenvalue weighted by molar-refractivity contribution is 0.464. The number of imidazole rings is 1. The summed E-state index contributed by atoms with van der Waals surface area (Å²) in [6, 6.07) is 9.67. The topological polar surface area (TPSA) is 52.3 Å². The molecule has 102 valence electrons. The van der Waals surface area contributed by atoms with Crippen molar-refractivity contribution in [2.45, 2.75) is 0 Å². The number of pyridine rings is 1. The molecule has 1 aromatic carbocycles. The predicted molar refractivity (Wildman–Crippen MR) is 82.5 cm³/mol. The number of fused-ring (bicyclic) bond motifs is 2. The number of nitrogens with zero attached hydrogens (tertiary/aromatic N) is 4. The smallest absolute Gasteiger partial charge is 0.264 e. The fourth-order valence-corrected chi connectivity index (χ4v) is 2.54. The minimum absolute atomic E-state index is 0.449. The van der Waals surface area contributed by atoms with Crippen molar-refractivity contribution in [3.8, 4) is 11.6 Å². The maximum absolute atomic E-state index is 5.87. The van der Waals surface area contributed by atoms with Gasteiger partial charge >= 0.3 is 0 Å². The molecule has 0 unspecified atom stereocenters. The molecule has 4 rings (SSSR count). The van der Waals surface area contributed by atoms with Crippen LogP contribution in [-0.4, -0.2) is 19.4 Å². The normalized spacial score (nSPS) is 11.1. The molecule has 0 N–H and O–H groups in total. The van der Waals surface area contributed by atoms with Gasteiger partial charge in [-0.1, -0.05) is 6.07 Å². The molecule has 3 heterocycles. The van der Waals surface area contributed by atoms with E-state index in [-0.39, 0.29) is 0 Å². The molecule has 0 atom stereocenters. The molecule has 3 aromatic heterocycles. The van der Waals surface area contributed by atoms with Crippen LogP contribution < -0.4 is 4.74 Å². The van der Waals surface area contributed by atoms with Gasteiger partial charge in [-0.3, -0.25) is 9.38 Å². The van der Waals surface area contributed by atoms with Gasteiger partial charge in [0.1, 0.15) is 10.4 Å². The summed E-state index contributed by atoms with van der Waals surface area (Å²) < 4.78 is 8.41. The van der Waals surface area contributed by atoms with Crippen molar-refractivity contribution < 1.29 is 4.74 Å². The van der Waals surface area contributed by atoms with Crippen molar-refractivity contribution in [2.75, 3.05) is 0 Å². The van der Waals surface area contributed by atoms with Crippen molar-refractivity contribution >= 4 is 32.5 Å². The second-order valence-corrected chi connectivity index (χ2v) is 5.30. The summed E-state index contributed by atoms with van der Waals surface area (Å²) in [6.45, 7) is 0. The number of benzene rings is 1. The van der Waals surface area contributed by atoms with E-state index >= 15 is 0 Å². The lowest BCUT2D eigenvalue weighted by Gasteiger charge is -2.07. The van der Waals surface area contributed by atoms with Gasteiger partial charge in [0.15, 0.2) is 0 Å². The Hall–Kier alpha value is -2.47. The number of ether oxygens (including phenoxy) is 1. The first kappa shape index (κ1) is 12.3. The van der Waals surface area contributed by atoms with Crippen LogP contribution >= 0.6 is 15.9 Å². The van der Waals surface area contributed by atoms with Crippen molar-refractivity contribution in [3.05, 3.63) is 59.7 Å². The highest BCUT2D eigenvalue weighted by Gasteiger charge is 2.09. The van der Waals surface area contributed by atoms with Gasteiger partial charge in [-0.25, -0.2) is 9.97 Å². The molecule has 21 heavy (non-hydrogen) atoms. The molecule has 0 spiro atoms. The molecule has 0 aliphatic heterocycles. The largest absolute Gasteiger partial charge is 0.436 e. The molecule has 0 saturated carbocycles. The van der Waals surface area contributed by atoms with Gasteiger partial charge in [-0.15, -0.1) is 0 Å². The Labute approximate surface area is 128 Å². The number of rotatable bonds is 2. The quantitative estimate of drug-likeness (QED) is 0.556. The molecule has 0 aliphatic carbocycles. The summed E-state index contributed by atoms with van der Waals surface area (Å²) in [5.74, 6) is 1.13. The average molecular weight is 341 g/mol. The summed E-state index contributed by atoms with van der Waals surface area (Å²) in [5.41, 5.74) is 1.55. The van der Waals surface area contributed by atoms with E-state index in [1.807, 2.05) is 47.1 Å². The number of hydrogen-bond donors (Lipinski definition) is 0. The second-order valence-electron chi connectivity index (χ2n) is 4.49. The summed E-state index contributed by atoms with van der Waals surface area (Å²) in [7, 11) is 0. The maximum atomic E-state index is 5.87. The third kappa shape index (κ3) is 2.23. The van der Waals surface area contributed by atoms with E-state index in [1.54, 1.807) is 12.4 Å². The van der Waals surface area contributed by atoms with Gasteiger partial charge in [0.25, 0.3) is 5.88 Å². The van der Waals surface area contributed by atoms with Crippen LogP contribution in [0.25, 0.3) is 16.6 Å². The van der Waals surface area contributed by atoms with Gasteiger partial charge in [0.05, 0.1) is 5.52 Å². The lowest BCUT2D eigenvalue weighted by atomic mass is 10.2. The summed E-state index contributed by atoms with van der Waals surface area (Å²) in [5, 5.41) is 1.07. The second kappa shape index (κ2) is 4.82. The highest BCUT2D eigenvalue weighted by atomic mass is 79.9. The molecule has 6 heteroatoms. The summed E-state index contributed by atoms with van der Waals surface area (Å²) >= 11 is 3.37. The number of aromatic nitrogens is 4. The van der Waals surface area contributed by atoms with E-state index in [9.17, 15) is 0 Å². The van der Waals surface area contributed by atoms with Crippen LogP contribution in [0.2, 0.25) is 0 Å². The summed E-state index contributed by atoms with van der Waals surface area (Å²) in [4.78, 5) is 12.9. The van der Waals surface area contributed by atoms with Crippen LogP contribution in [0.1, 0.15) is 0 Å². The third-order valence-electron chi connectivity index (χ3n) is 3.11. The van der Waals surface area contributed by atoms with E-state index < -0.39 is 0 Å². The predicted octanol–water partition coefficient (Wildman–Crippen LogP) is 3.83. The number of hydrogen-bond acceptors (Lipinski definition) is 4.